The Morgan fingerprint density at radius 2 is 0.673 bits per heavy atom. The number of anilines is 6. The van der Waals surface area contributed by atoms with E-state index < -0.39 is 0 Å². The van der Waals surface area contributed by atoms with Crippen LogP contribution in [-0.2, 0) is 10.8 Å². The fourth-order valence-electron chi connectivity index (χ4n) is 7.86. The second-order valence-electron chi connectivity index (χ2n) is 14.0. The van der Waals surface area contributed by atoms with Gasteiger partial charge in [-0.2, -0.15) is 0 Å². The lowest BCUT2D eigenvalue weighted by atomic mass is 9.73. The van der Waals surface area contributed by atoms with E-state index in [9.17, 15) is 0 Å². The molecule has 3 heterocycles. The number of aromatic nitrogens is 2. The van der Waals surface area contributed by atoms with Crippen LogP contribution in [0.25, 0.3) is 21.1 Å². The predicted octanol–water partition coefficient (Wildman–Crippen LogP) is 12.1. The van der Waals surface area contributed by atoms with Crippen molar-refractivity contribution in [3.8, 4) is 21.1 Å². The Hall–Kier alpha value is -5.52. The van der Waals surface area contributed by atoms with Crippen LogP contribution in [0, 0.1) is 0 Å². The molecule has 4 nitrogen and oxygen atoms in total. The molecule has 238 valence electrons. The summed E-state index contributed by atoms with van der Waals surface area (Å²) in [6.07, 6.45) is 0. The molecule has 5 heteroatoms. The molecule has 0 amide bonds. The summed E-state index contributed by atoms with van der Waals surface area (Å²) in [5, 5.41) is 11.1. The third-order valence-corrected chi connectivity index (χ3v) is 11.5. The molecule has 0 aliphatic carbocycles. The Morgan fingerprint density at radius 1 is 0.388 bits per heavy atom. The van der Waals surface area contributed by atoms with Crippen LogP contribution in [0.2, 0.25) is 0 Å². The van der Waals surface area contributed by atoms with Crippen molar-refractivity contribution in [1.82, 2.24) is 10.2 Å². The van der Waals surface area contributed by atoms with E-state index in [0.29, 0.717) is 0 Å². The third-order valence-electron chi connectivity index (χ3n) is 10.4. The largest absolute Gasteiger partial charge is 0.310 e. The molecule has 0 saturated heterocycles. The Balaban J connectivity index is 1.01. The zero-order chi connectivity index (χ0) is 33.3. The van der Waals surface area contributed by atoms with Gasteiger partial charge in [-0.25, -0.2) is 0 Å². The van der Waals surface area contributed by atoms with Crippen molar-refractivity contribution in [1.29, 1.82) is 0 Å². The van der Waals surface area contributed by atoms with E-state index in [-0.39, 0.29) is 10.8 Å². The second kappa shape index (κ2) is 11.0. The molecule has 0 fully saturated rings. The van der Waals surface area contributed by atoms with Gasteiger partial charge in [-0.15, -0.1) is 10.2 Å². The first-order valence-corrected chi connectivity index (χ1v) is 17.7. The van der Waals surface area contributed by atoms with E-state index in [1.807, 2.05) is 0 Å². The molecule has 0 atom stereocenters. The molecule has 0 spiro atoms. The average molecular weight is 653 g/mol. The van der Waals surface area contributed by atoms with Gasteiger partial charge in [0.25, 0.3) is 0 Å². The minimum atomic E-state index is -0.0789. The maximum atomic E-state index is 4.63. The van der Waals surface area contributed by atoms with Crippen molar-refractivity contribution in [3.63, 3.8) is 0 Å². The summed E-state index contributed by atoms with van der Waals surface area (Å²) in [5.74, 6) is 0. The monoisotopic (exact) mass is 652 g/mol. The van der Waals surface area contributed by atoms with E-state index in [1.54, 1.807) is 11.3 Å². The van der Waals surface area contributed by atoms with Crippen molar-refractivity contribution in [2.75, 3.05) is 9.80 Å². The lowest BCUT2D eigenvalue weighted by Gasteiger charge is -2.42. The third kappa shape index (κ3) is 4.57. The fourth-order valence-corrected chi connectivity index (χ4v) is 8.71. The highest BCUT2D eigenvalue weighted by Crippen LogP contribution is 2.53. The molecule has 2 aliphatic heterocycles. The van der Waals surface area contributed by atoms with Gasteiger partial charge in [0.15, 0.2) is 0 Å². The first-order valence-electron chi connectivity index (χ1n) is 16.8. The Bertz CT molecular complexity index is 2090. The fraction of sp³-hybridized carbons (Fsp3) is 0.136. The zero-order valence-corrected chi connectivity index (χ0v) is 28.9. The topological polar surface area (TPSA) is 32.3 Å². The average Bonchev–Trinajstić information content (AvgIpc) is 3.63. The second-order valence-corrected chi connectivity index (χ2v) is 15.0. The first kappa shape index (κ1) is 29.6. The van der Waals surface area contributed by atoms with Gasteiger partial charge in [0, 0.05) is 33.3 Å². The van der Waals surface area contributed by atoms with E-state index in [4.69, 9.17) is 0 Å². The number of benzene rings is 6. The first-order chi connectivity index (χ1) is 23.8. The van der Waals surface area contributed by atoms with Crippen LogP contribution in [0.15, 0.2) is 146 Å². The van der Waals surface area contributed by atoms with Gasteiger partial charge in [-0.3, -0.25) is 0 Å². The minimum absolute atomic E-state index is 0.0789. The number of hydrogen-bond donors (Lipinski definition) is 0. The highest BCUT2D eigenvalue weighted by molar-refractivity contribution is 7.17. The standard InChI is InChI=1S/C44H36N4S/c1-43(2)33-13-5-9-17-37(33)47(38-18-10-6-14-34(38)43)31-25-21-29(22-26-31)41-45-46-42(49-41)30-23-27-32(28-24-30)48-39-19-11-7-15-35(39)44(3,4)36-16-8-12-20-40(36)48/h5-28H,1-4H3. The molecule has 9 rings (SSSR count). The lowest BCUT2D eigenvalue weighted by Crippen LogP contribution is -2.30. The van der Waals surface area contributed by atoms with Crippen LogP contribution in [-0.4, -0.2) is 10.2 Å². The molecule has 0 bridgehead atoms. The SMILES string of the molecule is CC1(C)c2ccccc2N(c2ccc(-c3nnc(-c4ccc(N5c6ccccc6C(C)(C)c6ccccc65)cc4)s3)cc2)c2ccccc21. The quantitative estimate of drug-likeness (QED) is 0.189. The normalized spacial score (nSPS) is 15.2. The Labute approximate surface area is 292 Å². The number of hydrogen-bond acceptors (Lipinski definition) is 5. The maximum Gasteiger partial charge on any atom is 0.148 e. The van der Waals surface area contributed by atoms with Crippen LogP contribution >= 0.6 is 11.3 Å². The Morgan fingerprint density at radius 3 is 0.980 bits per heavy atom. The summed E-state index contributed by atoms with van der Waals surface area (Å²) in [6, 6.07) is 52.5. The molecule has 0 unspecified atom stereocenters. The van der Waals surface area contributed by atoms with Gasteiger partial charge >= 0.3 is 0 Å². The van der Waals surface area contributed by atoms with E-state index in [1.165, 1.54) is 45.0 Å². The number of rotatable bonds is 4. The van der Waals surface area contributed by atoms with Crippen molar-refractivity contribution >= 4 is 45.5 Å². The molecule has 1 aromatic heterocycles. The predicted molar refractivity (Wildman–Crippen MR) is 204 cm³/mol. The number of para-hydroxylation sites is 4. The van der Waals surface area contributed by atoms with E-state index >= 15 is 0 Å². The Kier molecular flexibility index (Phi) is 6.65. The van der Waals surface area contributed by atoms with Crippen molar-refractivity contribution < 1.29 is 0 Å². The molecular formula is C44H36N4S. The van der Waals surface area contributed by atoms with Gasteiger partial charge in [0.2, 0.25) is 0 Å². The van der Waals surface area contributed by atoms with Gasteiger partial charge in [-0.1, -0.05) is 112 Å². The molecule has 6 aromatic carbocycles. The molecule has 0 N–H and O–H groups in total. The summed E-state index contributed by atoms with van der Waals surface area (Å²) in [6.45, 7) is 9.27. The summed E-state index contributed by atoms with van der Waals surface area (Å²) < 4.78 is 0. The van der Waals surface area contributed by atoms with Crippen molar-refractivity contribution in [2.45, 2.75) is 38.5 Å². The van der Waals surface area contributed by atoms with Crippen LogP contribution < -0.4 is 9.80 Å². The highest BCUT2D eigenvalue weighted by Gasteiger charge is 2.37. The molecule has 0 saturated carbocycles. The van der Waals surface area contributed by atoms with Crippen LogP contribution in [0.1, 0.15) is 49.9 Å². The summed E-state index contributed by atoms with van der Waals surface area (Å²) >= 11 is 1.63. The van der Waals surface area contributed by atoms with E-state index in [2.05, 4.69) is 193 Å². The smallest absolute Gasteiger partial charge is 0.148 e. The van der Waals surface area contributed by atoms with E-state index in [0.717, 1.165) is 32.5 Å². The molecule has 7 aromatic rings. The molecule has 0 radical (unpaired) electrons. The van der Waals surface area contributed by atoms with Gasteiger partial charge < -0.3 is 9.80 Å². The van der Waals surface area contributed by atoms with Gasteiger partial charge in [0.05, 0.1) is 22.7 Å². The number of nitrogens with zero attached hydrogens (tertiary/aromatic N) is 4. The molecule has 2 aliphatic rings. The van der Waals surface area contributed by atoms with Crippen molar-refractivity contribution in [3.05, 3.63) is 168 Å². The van der Waals surface area contributed by atoms with Crippen LogP contribution in [0.4, 0.5) is 34.1 Å². The summed E-state index contributed by atoms with van der Waals surface area (Å²) in [5.41, 5.74) is 14.4. The highest BCUT2D eigenvalue weighted by atomic mass is 32.1. The zero-order valence-electron chi connectivity index (χ0n) is 28.1. The summed E-state index contributed by atoms with van der Waals surface area (Å²) in [7, 11) is 0. The van der Waals surface area contributed by atoms with Gasteiger partial charge in [0.1, 0.15) is 10.0 Å². The maximum absolute atomic E-state index is 4.63. The van der Waals surface area contributed by atoms with Crippen LogP contribution in [0.5, 0.6) is 0 Å². The minimum Gasteiger partial charge on any atom is -0.310 e. The summed E-state index contributed by atoms with van der Waals surface area (Å²) in [4.78, 5) is 4.76. The molecular weight excluding hydrogens is 617 g/mol. The van der Waals surface area contributed by atoms with Crippen molar-refractivity contribution in [2.24, 2.45) is 0 Å². The molecule has 49 heavy (non-hydrogen) atoms. The lowest BCUT2D eigenvalue weighted by molar-refractivity contribution is 0.632. The van der Waals surface area contributed by atoms with Gasteiger partial charge in [-0.05, 0) is 95.1 Å². The number of fused-ring (bicyclic) bond motifs is 4. The van der Waals surface area contributed by atoms with Crippen LogP contribution in [0.3, 0.4) is 0 Å².